The van der Waals surface area contributed by atoms with E-state index >= 15 is 0 Å². The van der Waals surface area contributed by atoms with Crippen LogP contribution in [0.15, 0.2) is 43.0 Å². The molecule has 0 heterocycles. The number of nitrogens with one attached hydrogen (secondary N) is 1. The molecule has 0 aliphatic carbocycles. The lowest BCUT2D eigenvalue weighted by Gasteiger charge is -2.17. The van der Waals surface area contributed by atoms with Gasteiger partial charge >= 0.3 is 12.1 Å². The summed E-state index contributed by atoms with van der Waals surface area (Å²) >= 11 is 0. The van der Waals surface area contributed by atoms with Crippen LogP contribution in [-0.4, -0.2) is 31.3 Å². The van der Waals surface area contributed by atoms with E-state index in [1.54, 1.807) is 6.92 Å². The lowest BCUT2D eigenvalue weighted by molar-refractivity contribution is -0.146. The fraction of sp³-hybridized carbons (Fsp3) is 0.565. The van der Waals surface area contributed by atoms with Gasteiger partial charge in [0.25, 0.3) is 0 Å². The Morgan fingerprint density at radius 3 is 2.29 bits per heavy atom. The minimum atomic E-state index is -0.744. The predicted molar refractivity (Wildman–Crippen MR) is 112 cm³/mol. The number of carbonyl (C=O) groups is 2. The summed E-state index contributed by atoms with van der Waals surface area (Å²) in [7, 11) is 0. The van der Waals surface area contributed by atoms with Crippen LogP contribution in [0.2, 0.25) is 0 Å². The molecule has 0 spiro atoms. The smallest absolute Gasteiger partial charge is 0.407 e. The third-order valence-electron chi connectivity index (χ3n) is 4.43. The second kappa shape index (κ2) is 15.7. The number of benzene rings is 1. The summed E-state index contributed by atoms with van der Waals surface area (Å²) in [6.45, 7) is 6.09. The number of allylic oxidation sites excluding steroid dienone is 1. The lowest BCUT2D eigenvalue weighted by atomic mass is 10.1. The number of unbranched alkanes of at least 4 members (excludes halogenated alkanes) is 7. The minimum absolute atomic E-state index is 0.256. The van der Waals surface area contributed by atoms with Crippen LogP contribution in [0.25, 0.3) is 0 Å². The SMILES string of the molecule is C=CCCCCCCCCCOC(=O)C(Cc1ccccc1)NC(=O)OCC. The van der Waals surface area contributed by atoms with E-state index < -0.39 is 18.1 Å². The first-order valence-electron chi connectivity index (χ1n) is 10.4. The van der Waals surface area contributed by atoms with Gasteiger partial charge in [-0.1, -0.05) is 68.5 Å². The van der Waals surface area contributed by atoms with E-state index in [9.17, 15) is 9.59 Å². The topological polar surface area (TPSA) is 64.6 Å². The molecule has 0 aliphatic rings. The quantitative estimate of drug-likeness (QED) is 0.255. The summed E-state index contributed by atoms with van der Waals surface area (Å²) in [6, 6.07) is 8.81. The van der Waals surface area contributed by atoms with Gasteiger partial charge in [0.05, 0.1) is 13.2 Å². The van der Waals surface area contributed by atoms with E-state index in [0.29, 0.717) is 13.0 Å². The molecule has 0 aromatic heterocycles. The molecule has 0 radical (unpaired) electrons. The number of esters is 1. The van der Waals surface area contributed by atoms with Crippen molar-refractivity contribution >= 4 is 12.1 Å². The van der Waals surface area contributed by atoms with Crippen molar-refractivity contribution in [2.45, 2.75) is 70.8 Å². The molecular weight excluding hydrogens is 354 g/mol. The maximum absolute atomic E-state index is 12.4. The van der Waals surface area contributed by atoms with Crippen LogP contribution in [0.3, 0.4) is 0 Å². The first-order chi connectivity index (χ1) is 13.7. The molecule has 1 amide bonds. The van der Waals surface area contributed by atoms with Crippen LogP contribution >= 0.6 is 0 Å². The number of alkyl carbamates (subject to hydrolysis) is 1. The van der Waals surface area contributed by atoms with Gasteiger partial charge in [-0.2, -0.15) is 0 Å². The molecule has 28 heavy (non-hydrogen) atoms. The summed E-state index contributed by atoms with van der Waals surface area (Å²) in [5, 5.41) is 2.61. The van der Waals surface area contributed by atoms with Crippen molar-refractivity contribution in [3.05, 3.63) is 48.6 Å². The molecule has 1 N–H and O–H groups in total. The Labute approximate surface area is 169 Å². The zero-order chi connectivity index (χ0) is 20.5. The Morgan fingerprint density at radius 2 is 1.64 bits per heavy atom. The molecule has 1 atom stereocenters. The van der Waals surface area contributed by atoms with E-state index in [-0.39, 0.29) is 6.61 Å². The molecule has 1 aromatic carbocycles. The molecule has 0 bridgehead atoms. The first kappa shape index (κ1) is 23.7. The van der Waals surface area contributed by atoms with Gasteiger partial charge in [-0.05, 0) is 31.7 Å². The predicted octanol–water partition coefficient (Wildman–Crippen LogP) is 5.19. The van der Waals surface area contributed by atoms with Gasteiger partial charge in [0.2, 0.25) is 0 Å². The second-order valence-electron chi connectivity index (χ2n) is 6.83. The number of carbonyl (C=O) groups excluding carboxylic acids is 2. The van der Waals surface area contributed by atoms with E-state index in [2.05, 4.69) is 11.9 Å². The highest BCUT2D eigenvalue weighted by atomic mass is 16.6. The molecular formula is C23H35NO4. The lowest BCUT2D eigenvalue weighted by Crippen LogP contribution is -2.43. The minimum Gasteiger partial charge on any atom is -0.464 e. The largest absolute Gasteiger partial charge is 0.464 e. The van der Waals surface area contributed by atoms with Gasteiger partial charge in [-0.15, -0.1) is 6.58 Å². The monoisotopic (exact) mass is 389 g/mol. The molecule has 0 saturated heterocycles. The first-order valence-corrected chi connectivity index (χ1v) is 10.4. The van der Waals surface area contributed by atoms with Gasteiger partial charge in [0, 0.05) is 6.42 Å². The van der Waals surface area contributed by atoms with Crippen molar-refractivity contribution in [2.24, 2.45) is 0 Å². The van der Waals surface area contributed by atoms with Crippen LogP contribution in [0.1, 0.15) is 63.9 Å². The van der Waals surface area contributed by atoms with Crippen molar-refractivity contribution in [1.29, 1.82) is 0 Å². The van der Waals surface area contributed by atoms with Gasteiger partial charge in [-0.3, -0.25) is 0 Å². The van der Waals surface area contributed by atoms with Crippen molar-refractivity contribution < 1.29 is 19.1 Å². The standard InChI is InChI=1S/C23H35NO4/c1-3-5-6-7-8-9-10-11-15-18-28-22(25)21(24-23(26)27-4-2)19-20-16-13-12-14-17-20/h3,12-14,16-17,21H,1,4-11,15,18-19H2,2H3,(H,24,26). The number of ether oxygens (including phenoxy) is 2. The number of hydrogen-bond donors (Lipinski definition) is 1. The van der Waals surface area contributed by atoms with Crippen molar-refractivity contribution in [3.63, 3.8) is 0 Å². The zero-order valence-corrected chi connectivity index (χ0v) is 17.2. The maximum Gasteiger partial charge on any atom is 0.407 e. The van der Waals surface area contributed by atoms with Gasteiger partial charge in [0.1, 0.15) is 6.04 Å². The summed E-state index contributed by atoms with van der Waals surface area (Å²) in [5.41, 5.74) is 0.956. The molecule has 1 aromatic rings. The highest BCUT2D eigenvalue weighted by Gasteiger charge is 2.23. The molecule has 156 valence electrons. The maximum atomic E-state index is 12.4. The Balaban J connectivity index is 2.30. The van der Waals surface area contributed by atoms with E-state index in [4.69, 9.17) is 9.47 Å². The molecule has 1 unspecified atom stereocenters. The van der Waals surface area contributed by atoms with Gasteiger partial charge in [-0.25, -0.2) is 9.59 Å². The number of rotatable bonds is 15. The fourth-order valence-electron chi connectivity index (χ4n) is 2.91. The second-order valence-corrected chi connectivity index (χ2v) is 6.83. The summed E-state index contributed by atoms with van der Waals surface area (Å²) < 4.78 is 10.3. The Kier molecular flexibility index (Phi) is 13.3. The van der Waals surface area contributed by atoms with E-state index in [0.717, 1.165) is 31.2 Å². The third-order valence-corrected chi connectivity index (χ3v) is 4.43. The van der Waals surface area contributed by atoms with E-state index in [1.807, 2.05) is 36.4 Å². The van der Waals surface area contributed by atoms with Crippen LogP contribution < -0.4 is 5.32 Å². The average Bonchev–Trinajstić information content (AvgIpc) is 2.69. The number of amides is 1. The highest BCUT2D eigenvalue weighted by Crippen LogP contribution is 2.10. The van der Waals surface area contributed by atoms with Crippen molar-refractivity contribution in [2.75, 3.05) is 13.2 Å². The van der Waals surface area contributed by atoms with E-state index in [1.165, 1.54) is 25.7 Å². The fourth-order valence-corrected chi connectivity index (χ4v) is 2.91. The van der Waals surface area contributed by atoms with Crippen LogP contribution in [0, 0.1) is 0 Å². The Hall–Kier alpha value is -2.30. The molecule has 0 fully saturated rings. The molecule has 1 rings (SSSR count). The average molecular weight is 390 g/mol. The Morgan fingerprint density at radius 1 is 1.00 bits per heavy atom. The number of hydrogen-bond acceptors (Lipinski definition) is 4. The van der Waals surface area contributed by atoms with Crippen LogP contribution in [-0.2, 0) is 20.7 Å². The van der Waals surface area contributed by atoms with Gasteiger partial charge in [0.15, 0.2) is 0 Å². The Bertz CT molecular complexity index is 559. The molecule has 0 saturated carbocycles. The van der Waals surface area contributed by atoms with Gasteiger partial charge < -0.3 is 14.8 Å². The third kappa shape index (κ3) is 11.4. The summed E-state index contributed by atoms with van der Waals surface area (Å²) in [5.74, 6) is -0.415. The molecule has 0 aliphatic heterocycles. The normalized spacial score (nSPS) is 11.5. The zero-order valence-electron chi connectivity index (χ0n) is 17.2. The van der Waals surface area contributed by atoms with Crippen molar-refractivity contribution in [3.8, 4) is 0 Å². The van der Waals surface area contributed by atoms with Crippen LogP contribution in [0.5, 0.6) is 0 Å². The molecule has 5 heteroatoms. The summed E-state index contributed by atoms with van der Waals surface area (Å²) in [4.78, 5) is 24.2. The molecule has 5 nitrogen and oxygen atoms in total. The highest BCUT2D eigenvalue weighted by molar-refractivity contribution is 5.81. The van der Waals surface area contributed by atoms with Crippen molar-refractivity contribution in [1.82, 2.24) is 5.32 Å². The summed E-state index contributed by atoms with van der Waals surface area (Å²) in [6.07, 6.45) is 10.8. The van der Waals surface area contributed by atoms with Crippen LogP contribution in [0.4, 0.5) is 4.79 Å².